The Bertz CT molecular complexity index is 624. The molecular formula is C15H19ClN4S. The van der Waals surface area contributed by atoms with E-state index in [0.717, 1.165) is 30.8 Å². The summed E-state index contributed by atoms with van der Waals surface area (Å²) in [4.78, 5) is 0. The van der Waals surface area contributed by atoms with Crippen molar-refractivity contribution in [1.29, 1.82) is 0 Å². The molecule has 2 aromatic rings. The summed E-state index contributed by atoms with van der Waals surface area (Å²) in [6.45, 7) is 5.72. The van der Waals surface area contributed by atoms with Crippen LogP contribution in [0.1, 0.15) is 17.5 Å². The van der Waals surface area contributed by atoms with Crippen LogP contribution in [0.5, 0.6) is 0 Å². The third-order valence-corrected chi connectivity index (χ3v) is 3.54. The predicted molar refractivity (Wildman–Crippen MR) is 92.0 cm³/mol. The van der Waals surface area contributed by atoms with Gasteiger partial charge >= 0.3 is 0 Å². The first-order valence-corrected chi connectivity index (χ1v) is 7.63. The van der Waals surface area contributed by atoms with Gasteiger partial charge in [0.1, 0.15) is 0 Å². The van der Waals surface area contributed by atoms with E-state index in [1.165, 1.54) is 5.56 Å². The van der Waals surface area contributed by atoms with E-state index >= 15 is 0 Å². The molecule has 0 atom stereocenters. The van der Waals surface area contributed by atoms with Crippen LogP contribution >= 0.6 is 23.8 Å². The van der Waals surface area contributed by atoms with Gasteiger partial charge in [-0.15, -0.1) is 0 Å². The third-order valence-electron chi connectivity index (χ3n) is 3.06. The van der Waals surface area contributed by atoms with Gasteiger partial charge in [-0.3, -0.25) is 4.68 Å². The first kappa shape index (κ1) is 15.8. The second kappa shape index (κ2) is 7.43. The summed E-state index contributed by atoms with van der Waals surface area (Å²) in [5.41, 5.74) is 3.22. The molecule has 0 aliphatic rings. The number of benzene rings is 1. The molecule has 112 valence electrons. The standard InChI is InChI=1S/C15H19ClN4S/c1-11-9-18-20(10-11)7-3-6-17-15(21)19-14-8-13(16)5-4-12(14)2/h4-5,8-10H,3,6-7H2,1-2H3,(H2,17,19,21). The molecule has 4 nitrogen and oxygen atoms in total. The largest absolute Gasteiger partial charge is 0.362 e. The zero-order valence-corrected chi connectivity index (χ0v) is 13.8. The highest BCUT2D eigenvalue weighted by Crippen LogP contribution is 2.19. The van der Waals surface area contributed by atoms with Gasteiger partial charge in [-0.05, 0) is 55.7 Å². The highest BCUT2D eigenvalue weighted by atomic mass is 35.5. The lowest BCUT2D eigenvalue weighted by Crippen LogP contribution is -2.30. The quantitative estimate of drug-likeness (QED) is 0.653. The van der Waals surface area contributed by atoms with Crippen molar-refractivity contribution >= 4 is 34.6 Å². The van der Waals surface area contributed by atoms with Crippen LogP contribution in [0.2, 0.25) is 5.02 Å². The number of aromatic nitrogens is 2. The van der Waals surface area contributed by atoms with Gasteiger partial charge in [-0.1, -0.05) is 17.7 Å². The van der Waals surface area contributed by atoms with Crippen LogP contribution < -0.4 is 10.6 Å². The van der Waals surface area contributed by atoms with Crippen molar-refractivity contribution in [1.82, 2.24) is 15.1 Å². The minimum absolute atomic E-state index is 0.608. The molecule has 0 fully saturated rings. The van der Waals surface area contributed by atoms with Crippen LogP contribution in [0.15, 0.2) is 30.6 Å². The van der Waals surface area contributed by atoms with E-state index in [0.29, 0.717) is 10.1 Å². The van der Waals surface area contributed by atoms with E-state index in [1.54, 1.807) is 0 Å². The lowest BCUT2D eigenvalue weighted by Gasteiger charge is -2.12. The van der Waals surface area contributed by atoms with Crippen LogP contribution in [-0.2, 0) is 6.54 Å². The Labute approximate surface area is 135 Å². The molecule has 1 heterocycles. The van der Waals surface area contributed by atoms with Crippen molar-refractivity contribution < 1.29 is 0 Å². The minimum atomic E-state index is 0.608. The first-order chi connectivity index (χ1) is 10.0. The Balaban J connectivity index is 1.73. The van der Waals surface area contributed by atoms with E-state index in [-0.39, 0.29) is 0 Å². The number of hydrogen-bond acceptors (Lipinski definition) is 2. The number of hydrogen-bond donors (Lipinski definition) is 2. The normalized spacial score (nSPS) is 10.4. The van der Waals surface area contributed by atoms with Crippen LogP contribution in [0.4, 0.5) is 5.69 Å². The van der Waals surface area contributed by atoms with E-state index < -0.39 is 0 Å². The van der Waals surface area contributed by atoms with Gasteiger partial charge in [0.05, 0.1) is 6.20 Å². The van der Waals surface area contributed by atoms with Crippen molar-refractivity contribution in [3.8, 4) is 0 Å². The fourth-order valence-corrected chi connectivity index (χ4v) is 2.31. The summed E-state index contributed by atoms with van der Waals surface area (Å²) in [7, 11) is 0. The zero-order valence-electron chi connectivity index (χ0n) is 12.2. The maximum atomic E-state index is 5.98. The minimum Gasteiger partial charge on any atom is -0.362 e. The molecule has 0 unspecified atom stereocenters. The number of thiocarbonyl (C=S) groups is 1. The zero-order chi connectivity index (χ0) is 15.2. The average Bonchev–Trinajstić information content (AvgIpc) is 2.85. The molecule has 0 amide bonds. The van der Waals surface area contributed by atoms with E-state index in [1.807, 2.05) is 49.1 Å². The van der Waals surface area contributed by atoms with Crippen LogP contribution in [0.3, 0.4) is 0 Å². The Morgan fingerprint density at radius 1 is 1.38 bits per heavy atom. The van der Waals surface area contributed by atoms with Gasteiger partial charge in [0.25, 0.3) is 0 Å². The van der Waals surface area contributed by atoms with Gasteiger partial charge in [0.15, 0.2) is 5.11 Å². The van der Waals surface area contributed by atoms with Crippen LogP contribution in [0, 0.1) is 13.8 Å². The van der Waals surface area contributed by atoms with Gasteiger partial charge in [-0.25, -0.2) is 0 Å². The Morgan fingerprint density at radius 2 is 2.19 bits per heavy atom. The van der Waals surface area contributed by atoms with Crippen LogP contribution in [0.25, 0.3) is 0 Å². The number of halogens is 1. The molecule has 0 radical (unpaired) electrons. The molecule has 0 saturated carbocycles. The second-order valence-corrected chi connectivity index (χ2v) is 5.82. The Hall–Kier alpha value is -1.59. The SMILES string of the molecule is Cc1cnn(CCCNC(=S)Nc2cc(Cl)ccc2C)c1. The maximum Gasteiger partial charge on any atom is 0.170 e. The number of anilines is 1. The first-order valence-electron chi connectivity index (χ1n) is 6.84. The monoisotopic (exact) mass is 322 g/mol. The molecule has 0 saturated heterocycles. The van der Waals surface area contributed by atoms with Crippen molar-refractivity contribution in [2.75, 3.05) is 11.9 Å². The molecule has 1 aromatic carbocycles. The fraction of sp³-hybridized carbons (Fsp3) is 0.333. The smallest absolute Gasteiger partial charge is 0.170 e. The molecule has 0 aliphatic heterocycles. The summed E-state index contributed by atoms with van der Waals surface area (Å²) in [5.74, 6) is 0. The molecule has 21 heavy (non-hydrogen) atoms. The van der Waals surface area contributed by atoms with E-state index in [2.05, 4.69) is 15.7 Å². The highest BCUT2D eigenvalue weighted by Gasteiger charge is 2.02. The van der Waals surface area contributed by atoms with Crippen molar-refractivity contribution in [3.63, 3.8) is 0 Å². The summed E-state index contributed by atoms with van der Waals surface area (Å²) in [6, 6.07) is 5.70. The van der Waals surface area contributed by atoms with Crippen LogP contribution in [-0.4, -0.2) is 21.4 Å². The average molecular weight is 323 g/mol. The lowest BCUT2D eigenvalue weighted by molar-refractivity contribution is 0.573. The summed E-state index contributed by atoms with van der Waals surface area (Å²) in [6.07, 6.45) is 4.85. The highest BCUT2D eigenvalue weighted by molar-refractivity contribution is 7.80. The number of nitrogens with one attached hydrogen (secondary N) is 2. The molecule has 0 bridgehead atoms. The Morgan fingerprint density at radius 3 is 2.90 bits per heavy atom. The van der Waals surface area contributed by atoms with E-state index in [4.69, 9.17) is 23.8 Å². The van der Waals surface area contributed by atoms with Gasteiger partial charge in [-0.2, -0.15) is 5.10 Å². The predicted octanol–water partition coefficient (Wildman–Crippen LogP) is 3.53. The van der Waals surface area contributed by atoms with Crippen molar-refractivity contribution in [3.05, 3.63) is 46.7 Å². The number of aryl methyl sites for hydroxylation is 3. The number of rotatable bonds is 5. The summed E-state index contributed by atoms with van der Waals surface area (Å²) < 4.78 is 1.94. The molecule has 2 N–H and O–H groups in total. The lowest BCUT2D eigenvalue weighted by atomic mass is 10.2. The molecule has 6 heteroatoms. The van der Waals surface area contributed by atoms with Crippen molar-refractivity contribution in [2.45, 2.75) is 26.8 Å². The topological polar surface area (TPSA) is 41.9 Å². The molecule has 2 rings (SSSR count). The Kier molecular flexibility index (Phi) is 5.59. The summed E-state index contributed by atoms with van der Waals surface area (Å²) in [5, 5.41) is 11.9. The number of nitrogens with zero attached hydrogens (tertiary/aromatic N) is 2. The van der Waals surface area contributed by atoms with Crippen molar-refractivity contribution in [2.24, 2.45) is 0 Å². The second-order valence-electron chi connectivity index (χ2n) is 4.97. The van der Waals surface area contributed by atoms with E-state index in [9.17, 15) is 0 Å². The maximum absolute atomic E-state index is 5.98. The molecule has 1 aromatic heterocycles. The van der Waals surface area contributed by atoms with Gasteiger partial charge < -0.3 is 10.6 Å². The molecule has 0 spiro atoms. The summed E-state index contributed by atoms with van der Waals surface area (Å²) >= 11 is 11.3. The van der Waals surface area contributed by atoms with Gasteiger partial charge in [0, 0.05) is 30.0 Å². The fourth-order valence-electron chi connectivity index (χ4n) is 1.93. The molecule has 0 aliphatic carbocycles. The van der Waals surface area contributed by atoms with Gasteiger partial charge in [0.2, 0.25) is 0 Å². The third kappa shape index (κ3) is 5.02. The molecular weight excluding hydrogens is 304 g/mol.